The molecule has 1 aromatic carbocycles. The Morgan fingerprint density at radius 2 is 2.09 bits per heavy atom. The van der Waals surface area contributed by atoms with Crippen molar-refractivity contribution in [3.8, 4) is 0 Å². The largest absolute Gasteiger partial charge is 0.459 e. The first kappa shape index (κ1) is 16.9. The second-order valence-corrected chi connectivity index (χ2v) is 6.53. The minimum Gasteiger partial charge on any atom is -0.459 e. The van der Waals surface area contributed by atoms with Gasteiger partial charge in [-0.05, 0) is 49.9 Å². The summed E-state index contributed by atoms with van der Waals surface area (Å²) in [5.74, 6) is -0.600. The van der Waals surface area contributed by atoms with Gasteiger partial charge < -0.3 is 4.74 Å². The van der Waals surface area contributed by atoms with Gasteiger partial charge >= 0.3 is 5.97 Å². The van der Waals surface area contributed by atoms with Crippen molar-refractivity contribution >= 4 is 12.0 Å². The average Bonchev–Trinajstić information content (AvgIpc) is 2.52. The number of aromatic nitrogens is 1. The van der Waals surface area contributed by atoms with E-state index in [0.29, 0.717) is 6.42 Å². The molecule has 0 saturated heterocycles. The minimum atomic E-state index is -0.513. The van der Waals surface area contributed by atoms with Crippen LogP contribution in [0.1, 0.15) is 43.4 Å². The molecule has 0 fully saturated rings. The second kappa shape index (κ2) is 7.23. The summed E-state index contributed by atoms with van der Waals surface area (Å²) >= 11 is 0. The van der Waals surface area contributed by atoms with Gasteiger partial charge in [0.05, 0.1) is 5.92 Å². The fourth-order valence-corrected chi connectivity index (χ4v) is 2.38. The highest BCUT2D eigenvalue weighted by molar-refractivity contribution is 5.79. The third-order valence-electron chi connectivity index (χ3n) is 3.40. The Morgan fingerprint density at radius 3 is 2.70 bits per heavy atom. The zero-order chi connectivity index (χ0) is 16.9. The Hall–Kier alpha value is -2.42. The first-order chi connectivity index (χ1) is 10.9. The van der Waals surface area contributed by atoms with Crippen LogP contribution in [0.3, 0.4) is 0 Å². The first-order valence-corrected chi connectivity index (χ1v) is 7.73. The zero-order valence-corrected chi connectivity index (χ0v) is 14.0. The molecule has 0 spiro atoms. The Balaban J connectivity index is 2.30. The molecule has 0 saturated carbocycles. The van der Waals surface area contributed by atoms with Gasteiger partial charge in [0.15, 0.2) is 0 Å². The van der Waals surface area contributed by atoms with Crippen LogP contribution >= 0.6 is 0 Å². The van der Waals surface area contributed by atoms with Crippen LogP contribution in [0, 0.1) is 0 Å². The summed E-state index contributed by atoms with van der Waals surface area (Å²) in [4.78, 5) is 16.8. The Morgan fingerprint density at radius 1 is 1.30 bits per heavy atom. The van der Waals surface area contributed by atoms with Crippen LogP contribution in [0.4, 0.5) is 0 Å². The van der Waals surface area contributed by atoms with E-state index in [2.05, 4.69) is 11.6 Å². The summed E-state index contributed by atoms with van der Waals surface area (Å²) in [5, 5.41) is 0. The van der Waals surface area contributed by atoms with Crippen LogP contribution in [-0.2, 0) is 16.0 Å². The number of hydrogen-bond donors (Lipinski definition) is 0. The monoisotopic (exact) mass is 309 g/mol. The third kappa shape index (κ3) is 5.06. The molecule has 1 heterocycles. The van der Waals surface area contributed by atoms with Gasteiger partial charge in [-0.15, -0.1) is 0 Å². The molecule has 0 bridgehead atoms. The van der Waals surface area contributed by atoms with Gasteiger partial charge in [-0.1, -0.05) is 43.0 Å². The van der Waals surface area contributed by atoms with Gasteiger partial charge in [-0.3, -0.25) is 9.78 Å². The molecule has 1 unspecified atom stereocenters. The lowest BCUT2D eigenvalue weighted by Gasteiger charge is -2.24. The summed E-state index contributed by atoms with van der Waals surface area (Å²) in [5.41, 5.74) is 2.46. The Labute approximate surface area is 138 Å². The molecule has 1 atom stereocenters. The van der Waals surface area contributed by atoms with Crippen molar-refractivity contribution in [2.75, 3.05) is 0 Å². The van der Waals surface area contributed by atoms with Crippen molar-refractivity contribution in [3.63, 3.8) is 0 Å². The number of hydrogen-bond acceptors (Lipinski definition) is 3. The molecule has 0 aliphatic carbocycles. The molecular formula is C20H23NO2. The molecule has 1 aromatic heterocycles. The molecular weight excluding hydrogens is 286 g/mol. The molecule has 0 amide bonds. The van der Waals surface area contributed by atoms with E-state index in [1.54, 1.807) is 18.5 Å². The summed E-state index contributed by atoms with van der Waals surface area (Å²) in [6, 6.07) is 11.8. The van der Waals surface area contributed by atoms with E-state index < -0.39 is 5.60 Å². The van der Waals surface area contributed by atoms with Crippen molar-refractivity contribution in [2.45, 2.75) is 38.7 Å². The van der Waals surface area contributed by atoms with Crippen molar-refractivity contribution in [2.24, 2.45) is 0 Å². The van der Waals surface area contributed by atoms with Gasteiger partial charge in [-0.25, -0.2) is 0 Å². The first-order valence-electron chi connectivity index (χ1n) is 7.73. The van der Waals surface area contributed by atoms with Gasteiger partial charge in [0.1, 0.15) is 5.60 Å². The number of ether oxygens (including phenoxy) is 1. The summed E-state index contributed by atoms with van der Waals surface area (Å²) < 4.78 is 5.60. The maximum absolute atomic E-state index is 12.6. The predicted molar refractivity (Wildman–Crippen MR) is 93.1 cm³/mol. The Kier molecular flexibility index (Phi) is 5.32. The number of carbonyl (C=O) groups excluding carboxylic acids is 1. The number of benzene rings is 1. The van der Waals surface area contributed by atoms with E-state index in [-0.39, 0.29) is 11.9 Å². The van der Waals surface area contributed by atoms with Crippen molar-refractivity contribution in [3.05, 3.63) is 72.1 Å². The molecule has 2 aromatic rings. The molecule has 0 aliphatic rings. The van der Waals surface area contributed by atoms with E-state index in [0.717, 1.165) is 16.7 Å². The smallest absolute Gasteiger partial charge is 0.314 e. The molecule has 3 heteroatoms. The SMILES string of the molecule is C=Cc1cccc(CC(C(=O)OC(C)(C)C)c2cccnc2)c1. The van der Waals surface area contributed by atoms with E-state index >= 15 is 0 Å². The number of esters is 1. The summed E-state index contributed by atoms with van der Waals surface area (Å²) in [6.07, 6.45) is 5.80. The standard InChI is InChI=1S/C20H23NO2/c1-5-15-8-6-9-16(12-15)13-18(17-10-7-11-21-14-17)19(22)23-20(2,3)4/h5-12,14,18H,1,13H2,2-4H3. The third-order valence-corrected chi connectivity index (χ3v) is 3.40. The quantitative estimate of drug-likeness (QED) is 0.769. The number of carbonyl (C=O) groups is 1. The van der Waals surface area contributed by atoms with Crippen molar-refractivity contribution < 1.29 is 9.53 Å². The molecule has 120 valence electrons. The lowest BCUT2D eigenvalue weighted by atomic mass is 9.92. The van der Waals surface area contributed by atoms with E-state index in [9.17, 15) is 4.79 Å². The van der Waals surface area contributed by atoms with Gasteiger partial charge in [0.2, 0.25) is 0 Å². The summed E-state index contributed by atoms with van der Waals surface area (Å²) in [7, 11) is 0. The lowest BCUT2D eigenvalue weighted by molar-refractivity contribution is -0.156. The highest BCUT2D eigenvalue weighted by atomic mass is 16.6. The molecule has 3 nitrogen and oxygen atoms in total. The lowest BCUT2D eigenvalue weighted by Crippen LogP contribution is -2.28. The van der Waals surface area contributed by atoms with Crippen molar-refractivity contribution in [1.29, 1.82) is 0 Å². The predicted octanol–water partition coefficient (Wildman–Crippen LogP) is 4.39. The molecule has 0 radical (unpaired) electrons. The summed E-state index contributed by atoms with van der Waals surface area (Å²) in [6.45, 7) is 9.43. The number of nitrogens with zero attached hydrogens (tertiary/aromatic N) is 1. The highest BCUT2D eigenvalue weighted by Gasteiger charge is 2.27. The number of rotatable bonds is 5. The van der Waals surface area contributed by atoms with Crippen molar-refractivity contribution in [1.82, 2.24) is 4.98 Å². The van der Waals surface area contributed by atoms with Gasteiger partial charge in [0.25, 0.3) is 0 Å². The average molecular weight is 309 g/mol. The van der Waals surface area contributed by atoms with Crippen LogP contribution in [0.2, 0.25) is 0 Å². The topological polar surface area (TPSA) is 39.2 Å². The molecule has 2 rings (SSSR count). The second-order valence-electron chi connectivity index (χ2n) is 6.53. The Bertz CT molecular complexity index is 672. The fourth-order valence-electron chi connectivity index (χ4n) is 2.38. The molecule has 23 heavy (non-hydrogen) atoms. The normalized spacial score (nSPS) is 12.5. The van der Waals surface area contributed by atoms with Crippen LogP contribution in [0.15, 0.2) is 55.4 Å². The van der Waals surface area contributed by atoms with Crippen LogP contribution < -0.4 is 0 Å². The van der Waals surface area contributed by atoms with Gasteiger partial charge in [0, 0.05) is 12.4 Å². The van der Waals surface area contributed by atoms with Gasteiger partial charge in [-0.2, -0.15) is 0 Å². The fraction of sp³-hybridized carbons (Fsp3) is 0.300. The van der Waals surface area contributed by atoms with E-state index in [1.165, 1.54) is 0 Å². The minimum absolute atomic E-state index is 0.227. The zero-order valence-electron chi connectivity index (χ0n) is 14.0. The maximum Gasteiger partial charge on any atom is 0.314 e. The van der Waals surface area contributed by atoms with E-state index in [4.69, 9.17) is 4.74 Å². The van der Waals surface area contributed by atoms with Crippen LogP contribution in [-0.4, -0.2) is 16.6 Å². The van der Waals surface area contributed by atoms with Crippen LogP contribution in [0.5, 0.6) is 0 Å². The highest BCUT2D eigenvalue weighted by Crippen LogP contribution is 2.25. The van der Waals surface area contributed by atoms with E-state index in [1.807, 2.05) is 57.2 Å². The number of pyridine rings is 1. The maximum atomic E-state index is 12.6. The molecule has 0 aliphatic heterocycles. The molecule has 0 N–H and O–H groups in total. The van der Waals surface area contributed by atoms with Crippen LogP contribution in [0.25, 0.3) is 6.08 Å².